The Morgan fingerprint density at radius 2 is 2.00 bits per heavy atom. The zero-order valence-electron chi connectivity index (χ0n) is 11.2. The molecule has 0 bridgehead atoms. The number of fused-ring (bicyclic) bond motifs is 1. The van der Waals surface area contributed by atoms with Gasteiger partial charge in [-0.25, -0.2) is 9.78 Å². The van der Waals surface area contributed by atoms with Gasteiger partial charge in [0.15, 0.2) is 0 Å². The van der Waals surface area contributed by atoms with Crippen LogP contribution in [0.3, 0.4) is 0 Å². The Morgan fingerprint density at radius 1 is 1.15 bits per heavy atom. The summed E-state index contributed by atoms with van der Waals surface area (Å²) in [6, 6.07) is 11.2. The number of nitrogens with zero attached hydrogens (tertiary/aromatic N) is 1. The Bertz CT molecular complexity index is 792. The van der Waals surface area contributed by atoms with Crippen molar-refractivity contribution in [1.82, 2.24) is 4.98 Å². The molecule has 0 saturated carbocycles. The molecule has 0 aliphatic rings. The van der Waals surface area contributed by atoms with Crippen LogP contribution in [0.25, 0.3) is 10.2 Å². The van der Waals surface area contributed by atoms with E-state index in [1.807, 2.05) is 44.2 Å². The van der Waals surface area contributed by atoms with Gasteiger partial charge >= 0.3 is 5.97 Å². The third-order valence-electron chi connectivity index (χ3n) is 3.10. The smallest absolute Gasteiger partial charge is 0.343 e. The Morgan fingerprint density at radius 3 is 2.80 bits per heavy atom. The largest absolute Gasteiger partial charge is 0.423 e. The third kappa shape index (κ3) is 2.42. The Balaban J connectivity index is 1.88. The fourth-order valence-corrected chi connectivity index (χ4v) is 2.77. The van der Waals surface area contributed by atoms with Crippen molar-refractivity contribution in [3.05, 3.63) is 58.6 Å². The minimum atomic E-state index is -0.341. The Hall–Kier alpha value is -2.20. The number of rotatable bonds is 2. The van der Waals surface area contributed by atoms with E-state index < -0.39 is 0 Å². The number of carbonyl (C=O) groups is 1. The van der Waals surface area contributed by atoms with Gasteiger partial charge in [-0.05, 0) is 43.7 Å². The lowest BCUT2D eigenvalue weighted by molar-refractivity contribution is 0.0733. The number of thiazole rings is 1. The van der Waals surface area contributed by atoms with Crippen LogP contribution in [0.1, 0.15) is 21.5 Å². The molecule has 0 fully saturated rings. The highest BCUT2D eigenvalue weighted by molar-refractivity contribution is 7.16. The van der Waals surface area contributed by atoms with Crippen LogP contribution in [0.2, 0.25) is 0 Å². The molecule has 2 aromatic carbocycles. The number of aryl methyl sites for hydroxylation is 2. The van der Waals surface area contributed by atoms with Gasteiger partial charge in [-0.15, -0.1) is 11.3 Å². The second kappa shape index (κ2) is 5.06. The topological polar surface area (TPSA) is 39.2 Å². The van der Waals surface area contributed by atoms with Gasteiger partial charge < -0.3 is 4.74 Å². The van der Waals surface area contributed by atoms with Crippen molar-refractivity contribution in [3.63, 3.8) is 0 Å². The number of ether oxygens (including phenoxy) is 1. The summed E-state index contributed by atoms with van der Waals surface area (Å²) in [5.41, 5.74) is 5.31. The number of esters is 1. The van der Waals surface area contributed by atoms with Gasteiger partial charge in [-0.2, -0.15) is 0 Å². The molecule has 3 aromatic rings. The summed E-state index contributed by atoms with van der Waals surface area (Å²) in [5, 5.41) is 0. The maximum atomic E-state index is 12.2. The van der Waals surface area contributed by atoms with Crippen molar-refractivity contribution in [1.29, 1.82) is 0 Å². The predicted octanol–water partition coefficient (Wildman–Crippen LogP) is 4.13. The van der Waals surface area contributed by atoms with Gasteiger partial charge in [-0.1, -0.05) is 17.7 Å². The molecule has 0 unspecified atom stereocenters. The zero-order valence-corrected chi connectivity index (χ0v) is 12.0. The van der Waals surface area contributed by atoms with Crippen LogP contribution in [0.15, 0.2) is 41.9 Å². The van der Waals surface area contributed by atoms with Crippen molar-refractivity contribution < 1.29 is 9.53 Å². The van der Waals surface area contributed by atoms with E-state index in [0.717, 1.165) is 21.3 Å². The highest BCUT2D eigenvalue weighted by atomic mass is 32.1. The zero-order chi connectivity index (χ0) is 14.1. The van der Waals surface area contributed by atoms with Gasteiger partial charge in [0.25, 0.3) is 0 Å². The molecule has 0 aliphatic carbocycles. The Kier molecular flexibility index (Phi) is 3.24. The molecule has 3 nitrogen and oxygen atoms in total. The standard InChI is InChI=1S/C16H13NO2S/c1-10-3-6-14(11(2)7-10)19-16(18)12-4-5-13-15(8-12)20-9-17-13/h3-9H,1-2H3. The summed E-state index contributed by atoms with van der Waals surface area (Å²) in [5.74, 6) is 0.261. The maximum Gasteiger partial charge on any atom is 0.343 e. The van der Waals surface area contributed by atoms with Crippen molar-refractivity contribution in [3.8, 4) is 5.75 Å². The SMILES string of the molecule is Cc1ccc(OC(=O)c2ccc3ncsc3c2)c(C)c1. The van der Waals surface area contributed by atoms with Crippen LogP contribution in [-0.4, -0.2) is 11.0 Å². The highest BCUT2D eigenvalue weighted by Gasteiger charge is 2.11. The molecular formula is C16H13NO2S. The fraction of sp³-hybridized carbons (Fsp3) is 0.125. The van der Waals surface area contributed by atoms with E-state index in [0.29, 0.717) is 11.3 Å². The summed E-state index contributed by atoms with van der Waals surface area (Å²) < 4.78 is 6.44. The van der Waals surface area contributed by atoms with E-state index >= 15 is 0 Å². The van der Waals surface area contributed by atoms with Crippen LogP contribution < -0.4 is 4.74 Å². The second-order valence-electron chi connectivity index (χ2n) is 4.69. The molecule has 0 atom stereocenters. The average Bonchev–Trinajstić information content (AvgIpc) is 2.89. The van der Waals surface area contributed by atoms with Crippen LogP contribution in [-0.2, 0) is 0 Å². The van der Waals surface area contributed by atoms with Crippen molar-refractivity contribution >= 4 is 27.5 Å². The molecule has 20 heavy (non-hydrogen) atoms. The first-order valence-electron chi connectivity index (χ1n) is 6.26. The molecule has 1 aromatic heterocycles. The molecule has 0 N–H and O–H groups in total. The number of benzene rings is 2. The molecule has 0 saturated heterocycles. The van der Waals surface area contributed by atoms with E-state index in [9.17, 15) is 4.79 Å². The first-order chi connectivity index (χ1) is 9.63. The van der Waals surface area contributed by atoms with E-state index in [2.05, 4.69) is 4.98 Å². The minimum Gasteiger partial charge on any atom is -0.423 e. The first kappa shape index (κ1) is 12.8. The highest BCUT2D eigenvalue weighted by Crippen LogP contribution is 2.22. The van der Waals surface area contributed by atoms with Gasteiger partial charge in [-0.3, -0.25) is 0 Å². The van der Waals surface area contributed by atoms with Crippen LogP contribution in [0.5, 0.6) is 5.75 Å². The summed E-state index contributed by atoms with van der Waals surface area (Å²) >= 11 is 1.51. The Labute approximate surface area is 120 Å². The average molecular weight is 283 g/mol. The summed E-state index contributed by atoms with van der Waals surface area (Å²) in [4.78, 5) is 16.4. The molecule has 0 spiro atoms. The third-order valence-corrected chi connectivity index (χ3v) is 3.89. The second-order valence-corrected chi connectivity index (χ2v) is 5.58. The summed E-state index contributed by atoms with van der Waals surface area (Å²) in [6.45, 7) is 3.94. The van der Waals surface area contributed by atoms with Gasteiger partial charge in [0.1, 0.15) is 5.75 Å². The van der Waals surface area contributed by atoms with Crippen molar-refractivity contribution in [2.75, 3.05) is 0 Å². The van der Waals surface area contributed by atoms with E-state index in [1.54, 1.807) is 11.6 Å². The number of hydrogen-bond acceptors (Lipinski definition) is 4. The number of hydrogen-bond donors (Lipinski definition) is 0. The first-order valence-corrected chi connectivity index (χ1v) is 7.14. The molecule has 0 aliphatic heterocycles. The van der Waals surface area contributed by atoms with Gasteiger partial charge in [0.05, 0.1) is 21.3 Å². The summed E-state index contributed by atoms with van der Waals surface area (Å²) in [7, 11) is 0. The maximum absolute atomic E-state index is 12.2. The molecule has 0 amide bonds. The normalized spacial score (nSPS) is 10.7. The molecule has 0 radical (unpaired) electrons. The van der Waals surface area contributed by atoms with Crippen molar-refractivity contribution in [2.24, 2.45) is 0 Å². The minimum absolute atomic E-state index is 0.341. The molecular weight excluding hydrogens is 270 g/mol. The molecule has 100 valence electrons. The van der Waals surface area contributed by atoms with E-state index in [-0.39, 0.29) is 5.97 Å². The van der Waals surface area contributed by atoms with Crippen LogP contribution >= 0.6 is 11.3 Å². The van der Waals surface area contributed by atoms with Gasteiger partial charge in [0.2, 0.25) is 0 Å². The van der Waals surface area contributed by atoms with E-state index in [1.165, 1.54) is 11.3 Å². The summed E-state index contributed by atoms with van der Waals surface area (Å²) in [6.07, 6.45) is 0. The number of aromatic nitrogens is 1. The lowest BCUT2D eigenvalue weighted by atomic mass is 10.1. The van der Waals surface area contributed by atoms with Crippen LogP contribution in [0, 0.1) is 13.8 Å². The molecule has 4 heteroatoms. The van der Waals surface area contributed by atoms with Crippen molar-refractivity contribution in [2.45, 2.75) is 13.8 Å². The fourth-order valence-electron chi connectivity index (χ4n) is 2.05. The quantitative estimate of drug-likeness (QED) is 0.524. The molecule has 3 rings (SSSR count). The number of carbonyl (C=O) groups excluding carboxylic acids is 1. The van der Waals surface area contributed by atoms with Crippen LogP contribution in [0.4, 0.5) is 0 Å². The van der Waals surface area contributed by atoms with Gasteiger partial charge in [0, 0.05) is 0 Å². The predicted molar refractivity (Wildman–Crippen MR) is 80.5 cm³/mol. The molecule has 1 heterocycles. The lowest BCUT2D eigenvalue weighted by Crippen LogP contribution is -2.09. The lowest BCUT2D eigenvalue weighted by Gasteiger charge is -2.08. The van der Waals surface area contributed by atoms with E-state index in [4.69, 9.17) is 4.74 Å². The monoisotopic (exact) mass is 283 g/mol.